The van der Waals surface area contributed by atoms with Gasteiger partial charge in [0.25, 0.3) is 0 Å². The van der Waals surface area contributed by atoms with Crippen LogP contribution in [0.15, 0.2) is 36.5 Å². The average Bonchev–Trinajstić information content (AvgIpc) is 3.05. The zero-order valence-electron chi connectivity index (χ0n) is 20.8. The molecule has 1 fully saturated rings. The van der Waals surface area contributed by atoms with E-state index in [-0.39, 0.29) is 6.09 Å². The molecule has 178 valence electrons. The highest BCUT2D eigenvalue weighted by molar-refractivity contribution is 6.35. The molecular weight excluding hydrogens is 436 g/mol. The number of pyridine rings is 1. The van der Waals surface area contributed by atoms with E-state index in [4.69, 9.17) is 16.3 Å². The Morgan fingerprint density at radius 1 is 1.03 bits per heavy atom. The number of benzene rings is 1. The smallest absolute Gasteiger partial charge is 0.410 e. The summed E-state index contributed by atoms with van der Waals surface area (Å²) in [5.74, 6) is 0. The highest BCUT2D eigenvalue weighted by Crippen LogP contribution is 2.35. The number of hydrogen-bond donors (Lipinski definition) is 0. The Hall–Kier alpha value is -2.73. The molecule has 3 aromatic rings. The standard InChI is InChI=1S/C24H29ClN4O2.C2H6/c1-16-20-19(25)10-11-26-22(20)27(5)21(16)17-6-8-18(9-7-17)28-12-14-29(15-13-28)23(30)31-24(2,3)4;1-2/h6-11H,12-15H2,1-5H3;1-2H3. The second kappa shape index (κ2) is 10.0. The summed E-state index contributed by atoms with van der Waals surface area (Å²) in [5.41, 5.74) is 4.96. The van der Waals surface area contributed by atoms with Gasteiger partial charge in [0.1, 0.15) is 11.2 Å². The topological polar surface area (TPSA) is 50.6 Å². The lowest BCUT2D eigenvalue weighted by molar-refractivity contribution is 0.0240. The Balaban J connectivity index is 0.00000149. The largest absolute Gasteiger partial charge is 0.444 e. The fraction of sp³-hybridized carbons (Fsp3) is 0.462. The number of aryl methyl sites for hydroxylation is 2. The molecule has 0 aliphatic carbocycles. The maximum Gasteiger partial charge on any atom is 0.410 e. The van der Waals surface area contributed by atoms with Crippen LogP contribution in [0.3, 0.4) is 0 Å². The summed E-state index contributed by atoms with van der Waals surface area (Å²) in [6.07, 6.45) is 1.51. The van der Waals surface area contributed by atoms with Crippen molar-refractivity contribution in [3.8, 4) is 11.3 Å². The average molecular weight is 471 g/mol. The van der Waals surface area contributed by atoms with Gasteiger partial charge >= 0.3 is 6.09 Å². The van der Waals surface area contributed by atoms with Crippen LogP contribution in [0.25, 0.3) is 22.3 Å². The van der Waals surface area contributed by atoms with E-state index in [1.54, 1.807) is 11.1 Å². The number of rotatable bonds is 2. The summed E-state index contributed by atoms with van der Waals surface area (Å²) in [4.78, 5) is 20.9. The Morgan fingerprint density at radius 2 is 1.64 bits per heavy atom. The van der Waals surface area contributed by atoms with Gasteiger partial charge in [-0.1, -0.05) is 37.6 Å². The number of hydrogen-bond acceptors (Lipinski definition) is 4. The molecule has 0 radical (unpaired) electrons. The molecule has 7 heteroatoms. The number of amides is 1. The third-order valence-corrected chi connectivity index (χ3v) is 6.02. The molecule has 1 saturated heterocycles. The van der Waals surface area contributed by atoms with Crippen LogP contribution in [0.1, 0.15) is 40.2 Å². The van der Waals surface area contributed by atoms with Gasteiger partial charge < -0.3 is 19.1 Å². The molecule has 4 rings (SSSR count). The molecule has 0 atom stereocenters. The van der Waals surface area contributed by atoms with Crippen molar-refractivity contribution >= 4 is 34.4 Å². The fourth-order valence-electron chi connectivity index (χ4n) is 4.22. The fourth-order valence-corrected chi connectivity index (χ4v) is 4.50. The van der Waals surface area contributed by atoms with Crippen LogP contribution >= 0.6 is 11.6 Å². The van der Waals surface area contributed by atoms with Gasteiger partial charge in [-0.15, -0.1) is 0 Å². The lowest BCUT2D eigenvalue weighted by Crippen LogP contribution is -2.50. The molecule has 0 N–H and O–H groups in total. The quantitative estimate of drug-likeness (QED) is 0.442. The van der Waals surface area contributed by atoms with E-state index in [0.717, 1.165) is 51.7 Å². The number of ether oxygens (including phenoxy) is 1. The van der Waals surface area contributed by atoms with Gasteiger partial charge in [-0.05, 0) is 57.0 Å². The van der Waals surface area contributed by atoms with Crippen LogP contribution in [0.4, 0.5) is 10.5 Å². The summed E-state index contributed by atoms with van der Waals surface area (Å²) in [5, 5.41) is 1.73. The summed E-state index contributed by atoms with van der Waals surface area (Å²) >= 11 is 6.43. The molecule has 3 heterocycles. The van der Waals surface area contributed by atoms with E-state index in [1.807, 2.05) is 47.7 Å². The molecule has 33 heavy (non-hydrogen) atoms. The van der Waals surface area contributed by atoms with Gasteiger partial charge in [-0.25, -0.2) is 9.78 Å². The van der Waals surface area contributed by atoms with Gasteiger partial charge in [0.2, 0.25) is 0 Å². The number of fused-ring (bicyclic) bond motifs is 1. The molecule has 1 aromatic carbocycles. The third-order valence-electron chi connectivity index (χ3n) is 5.70. The van der Waals surface area contributed by atoms with Gasteiger partial charge in [-0.3, -0.25) is 0 Å². The Morgan fingerprint density at radius 3 is 2.18 bits per heavy atom. The van der Waals surface area contributed by atoms with Crippen LogP contribution in [-0.2, 0) is 11.8 Å². The van der Waals surface area contributed by atoms with Crippen molar-refractivity contribution in [2.24, 2.45) is 7.05 Å². The van der Waals surface area contributed by atoms with Crippen molar-refractivity contribution < 1.29 is 9.53 Å². The van der Waals surface area contributed by atoms with Crippen LogP contribution in [0, 0.1) is 6.92 Å². The SMILES string of the molecule is CC.Cc1c(-c2ccc(N3CCN(C(=O)OC(C)(C)C)CC3)cc2)n(C)c2nccc(Cl)c12. The van der Waals surface area contributed by atoms with E-state index in [0.29, 0.717) is 13.1 Å². The van der Waals surface area contributed by atoms with E-state index in [1.165, 1.54) is 0 Å². The van der Waals surface area contributed by atoms with Crippen molar-refractivity contribution in [1.29, 1.82) is 0 Å². The number of aromatic nitrogens is 2. The highest BCUT2D eigenvalue weighted by Gasteiger charge is 2.26. The first kappa shape index (κ1) is 24.9. The molecule has 0 saturated carbocycles. The maximum absolute atomic E-state index is 12.3. The summed E-state index contributed by atoms with van der Waals surface area (Å²) in [6.45, 7) is 14.6. The monoisotopic (exact) mass is 470 g/mol. The molecule has 1 aliphatic heterocycles. The molecule has 6 nitrogen and oxygen atoms in total. The third kappa shape index (κ3) is 5.27. The van der Waals surface area contributed by atoms with Crippen molar-refractivity contribution in [2.75, 3.05) is 31.1 Å². The minimum Gasteiger partial charge on any atom is -0.444 e. The summed E-state index contributed by atoms with van der Waals surface area (Å²) in [7, 11) is 2.03. The second-order valence-electron chi connectivity index (χ2n) is 9.03. The number of nitrogens with zero attached hydrogens (tertiary/aromatic N) is 4. The molecular formula is C26H35ClN4O2. The first-order chi connectivity index (χ1) is 15.7. The number of carbonyl (C=O) groups excluding carboxylic acids is 1. The van der Waals surface area contributed by atoms with E-state index in [2.05, 4.69) is 45.6 Å². The lowest BCUT2D eigenvalue weighted by atomic mass is 10.1. The predicted octanol–water partition coefficient (Wildman–Crippen LogP) is 6.29. The molecule has 2 aromatic heterocycles. The molecule has 0 bridgehead atoms. The van der Waals surface area contributed by atoms with Crippen LogP contribution in [0.2, 0.25) is 5.02 Å². The van der Waals surface area contributed by atoms with E-state index in [9.17, 15) is 4.79 Å². The zero-order valence-corrected chi connectivity index (χ0v) is 21.5. The van der Waals surface area contributed by atoms with E-state index >= 15 is 0 Å². The summed E-state index contributed by atoms with van der Waals surface area (Å²) < 4.78 is 7.59. The minimum absolute atomic E-state index is 0.235. The van der Waals surface area contributed by atoms with Crippen LogP contribution in [-0.4, -0.2) is 52.3 Å². The van der Waals surface area contributed by atoms with Crippen molar-refractivity contribution in [3.05, 3.63) is 47.1 Å². The first-order valence-electron chi connectivity index (χ1n) is 11.6. The molecule has 0 unspecified atom stereocenters. The lowest BCUT2D eigenvalue weighted by Gasteiger charge is -2.36. The van der Waals surface area contributed by atoms with Crippen molar-refractivity contribution in [3.63, 3.8) is 0 Å². The Kier molecular flexibility index (Phi) is 7.58. The van der Waals surface area contributed by atoms with Crippen LogP contribution < -0.4 is 4.90 Å². The molecule has 0 spiro atoms. The normalized spacial score (nSPS) is 14.2. The zero-order chi connectivity index (χ0) is 24.3. The summed E-state index contributed by atoms with van der Waals surface area (Å²) in [6, 6.07) is 10.4. The maximum atomic E-state index is 12.3. The molecule has 1 aliphatic rings. The van der Waals surface area contributed by atoms with Gasteiger partial charge in [0.15, 0.2) is 0 Å². The predicted molar refractivity (Wildman–Crippen MR) is 137 cm³/mol. The van der Waals surface area contributed by atoms with Gasteiger partial charge in [0.05, 0.1) is 10.7 Å². The van der Waals surface area contributed by atoms with Crippen LogP contribution in [0.5, 0.6) is 0 Å². The number of halogens is 1. The van der Waals surface area contributed by atoms with Gasteiger partial charge in [-0.2, -0.15) is 0 Å². The molecule has 1 amide bonds. The Bertz CT molecular complexity index is 1110. The van der Waals surface area contributed by atoms with E-state index < -0.39 is 5.60 Å². The second-order valence-corrected chi connectivity index (χ2v) is 9.43. The first-order valence-corrected chi connectivity index (χ1v) is 12.0. The van der Waals surface area contributed by atoms with Gasteiger partial charge in [0, 0.05) is 50.5 Å². The number of carbonyl (C=O) groups is 1. The minimum atomic E-state index is -0.469. The number of piperazine rings is 1. The number of anilines is 1. The highest BCUT2D eigenvalue weighted by atomic mass is 35.5. The van der Waals surface area contributed by atoms with Crippen molar-refractivity contribution in [2.45, 2.75) is 47.1 Å². The Labute approximate surface area is 202 Å². The van der Waals surface area contributed by atoms with Crippen molar-refractivity contribution in [1.82, 2.24) is 14.5 Å².